The zero-order valence-electron chi connectivity index (χ0n) is 9.84. The molecule has 0 unspecified atom stereocenters. The van der Waals surface area contributed by atoms with E-state index >= 15 is 0 Å². The highest BCUT2D eigenvalue weighted by molar-refractivity contribution is 5.39. The monoisotopic (exact) mass is 261 g/mol. The van der Waals surface area contributed by atoms with Crippen molar-refractivity contribution in [1.82, 2.24) is 5.32 Å². The Balaban J connectivity index is 2.30. The number of hydrogen-bond acceptors (Lipinski definition) is 3. The number of alkyl halides is 3. The van der Waals surface area contributed by atoms with E-state index in [1.54, 1.807) is 0 Å². The Morgan fingerprint density at radius 1 is 1.39 bits per heavy atom. The zero-order chi connectivity index (χ0) is 13.4. The lowest BCUT2D eigenvalue weighted by Crippen LogP contribution is -2.60. The Labute approximate surface area is 103 Å². The quantitative estimate of drug-likeness (QED) is 0.868. The van der Waals surface area contributed by atoms with Crippen molar-refractivity contribution in [3.63, 3.8) is 0 Å². The molecule has 2 N–H and O–H groups in total. The van der Waals surface area contributed by atoms with E-state index < -0.39 is 17.3 Å². The predicted molar refractivity (Wildman–Crippen MR) is 59.5 cm³/mol. The maximum absolute atomic E-state index is 12.6. The number of β-amino-alcohol motifs (C(OH)–C–C–N with tert-alkyl or cyclic N) is 1. The lowest BCUT2D eigenvalue weighted by molar-refractivity contribution is -0.137. The molecule has 0 spiro atoms. The van der Waals surface area contributed by atoms with Crippen molar-refractivity contribution in [2.45, 2.75) is 18.2 Å². The summed E-state index contributed by atoms with van der Waals surface area (Å²) in [5.74, 6) is 0.364. The third kappa shape index (κ3) is 2.59. The second-order valence-electron chi connectivity index (χ2n) is 4.53. The molecule has 1 aromatic carbocycles. The molecule has 0 atom stereocenters. The summed E-state index contributed by atoms with van der Waals surface area (Å²) in [6.45, 7) is 0.763. The lowest BCUT2D eigenvalue weighted by Gasteiger charge is -2.38. The molecule has 0 amide bonds. The summed E-state index contributed by atoms with van der Waals surface area (Å²) in [5.41, 5.74) is -1.33. The van der Waals surface area contributed by atoms with Gasteiger partial charge in [0.25, 0.3) is 0 Å². The highest BCUT2D eigenvalue weighted by Gasteiger charge is 2.36. The van der Waals surface area contributed by atoms with Gasteiger partial charge in [-0.15, -0.1) is 0 Å². The van der Waals surface area contributed by atoms with Gasteiger partial charge in [-0.1, -0.05) is 0 Å². The van der Waals surface area contributed by atoms with Crippen LogP contribution >= 0.6 is 0 Å². The van der Waals surface area contributed by atoms with Crippen molar-refractivity contribution in [2.75, 3.05) is 20.2 Å². The van der Waals surface area contributed by atoms with Gasteiger partial charge in [0.05, 0.1) is 18.3 Å². The summed E-state index contributed by atoms with van der Waals surface area (Å²) < 4.78 is 42.9. The third-order valence-electron chi connectivity index (χ3n) is 3.04. The maximum atomic E-state index is 12.6. The minimum Gasteiger partial charge on any atom is -0.496 e. The first-order valence-electron chi connectivity index (χ1n) is 5.51. The Morgan fingerprint density at radius 3 is 2.50 bits per heavy atom. The summed E-state index contributed by atoms with van der Waals surface area (Å²) >= 11 is 0. The molecule has 0 aliphatic carbocycles. The van der Waals surface area contributed by atoms with E-state index in [4.69, 9.17) is 4.74 Å². The highest BCUT2D eigenvalue weighted by atomic mass is 19.4. The van der Waals surface area contributed by atoms with Crippen LogP contribution in [0, 0.1) is 0 Å². The van der Waals surface area contributed by atoms with Crippen molar-refractivity contribution in [3.8, 4) is 5.75 Å². The van der Waals surface area contributed by atoms with Crippen LogP contribution < -0.4 is 10.1 Å². The fraction of sp³-hybridized carbons (Fsp3) is 0.500. The number of halogens is 3. The SMILES string of the molecule is COc1ccc(C(F)(F)F)cc1CC1(O)CNC1. The van der Waals surface area contributed by atoms with Crippen molar-refractivity contribution < 1.29 is 23.0 Å². The molecule has 1 saturated heterocycles. The van der Waals surface area contributed by atoms with E-state index in [1.165, 1.54) is 13.2 Å². The Hall–Kier alpha value is -1.27. The molecular formula is C12H14F3NO2. The molecule has 1 aliphatic rings. The van der Waals surface area contributed by atoms with Gasteiger partial charge < -0.3 is 15.2 Å². The van der Waals surface area contributed by atoms with Crippen LogP contribution in [0.1, 0.15) is 11.1 Å². The number of nitrogens with one attached hydrogen (secondary N) is 1. The van der Waals surface area contributed by atoms with E-state index in [-0.39, 0.29) is 6.42 Å². The molecule has 0 aromatic heterocycles. The fourth-order valence-corrected chi connectivity index (χ4v) is 1.99. The van der Waals surface area contributed by atoms with Crippen LogP contribution in [0.2, 0.25) is 0 Å². The standard InChI is InChI=1S/C12H14F3NO2/c1-18-10-3-2-9(12(13,14)15)4-8(10)5-11(17)6-16-7-11/h2-4,16-17H,5-7H2,1H3. The number of methoxy groups -OCH3 is 1. The van der Waals surface area contributed by atoms with Gasteiger partial charge in [-0.05, 0) is 23.8 Å². The van der Waals surface area contributed by atoms with Crippen molar-refractivity contribution in [2.24, 2.45) is 0 Å². The number of rotatable bonds is 3. The second-order valence-corrected chi connectivity index (χ2v) is 4.53. The zero-order valence-corrected chi connectivity index (χ0v) is 9.84. The van der Waals surface area contributed by atoms with E-state index in [9.17, 15) is 18.3 Å². The molecule has 1 aliphatic heterocycles. The summed E-state index contributed by atoms with van der Waals surface area (Å²) in [5, 5.41) is 12.9. The average molecular weight is 261 g/mol. The molecule has 0 saturated carbocycles. The lowest BCUT2D eigenvalue weighted by atomic mass is 9.88. The first-order chi connectivity index (χ1) is 8.34. The summed E-state index contributed by atoms with van der Waals surface area (Å²) in [6, 6.07) is 3.30. The molecule has 100 valence electrons. The molecular weight excluding hydrogens is 247 g/mol. The van der Waals surface area contributed by atoms with Crippen LogP contribution in [-0.2, 0) is 12.6 Å². The van der Waals surface area contributed by atoms with Gasteiger partial charge in [-0.2, -0.15) is 13.2 Å². The molecule has 3 nitrogen and oxygen atoms in total. The largest absolute Gasteiger partial charge is 0.496 e. The van der Waals surface area contributed by atoms with Crippen LogP contribution in [0.3, 0.4) is 0 Å². The van der Waals surface area contributed by atoms with Gasteiger partial charge in [0, 0.05) is 19.5 Å². The first-order valence-corrected chi connectivity index (χ1v) is 5.51. The van der Waals surface area contributed by atoms with Crippen LogP contribution in [-0.4, -0.2) is 30.9 Å². The van der Waals surface area contributed by atoms with Gasteiger partial charge >= 0.3 is 6.18 Å². The Kier molecular flexibility index (Phi) is 3.25. The summed E-state index contributed by atoms with van der Waals surface area (Å²) in [6.07, 6.45) is -4.24. The van der Waals surface area contributed by atoms with Crippen molar-refractivity contribution in [1.29, 1.82) is 0 Å². The molecule has 18 heavy (non-hydrogen) atoms. The van der Waals surface area contributed by atoms with Crippen molar-refractivity contribution >= 4 is 0 Å². The van der Waals surface area contributed by atoms with Gasteiger partial charge in [0.1, 0.15) is 5.75 Å². The first kappa shape index (κ1) is 13.2. The predicted octanol–water partition coefficient (Wildman–Crippen LogP) is 1.59. The smallest absolute Gasteiger partial charge is 0.416 e. The number of benzene rings is 1. The molecule has 1 fully saturated rings. The highest BCUT2D eigenvalue weighted by Crippen LogP contribution is 2.34. The normalized spacial score (nSPS) is 18.3. The molecule has 1 heterocycles. The van der Waals surface area contributed by atoms with Crippen LogP contribution in [0.5, 0.6) is 5.75 Å². The van der Waals surface area contributed by atoms with Crippen LogP contribution in [0.4, 0.5) is 13.2 Å². The van der Waals surface area contributed by atoms with E-state index in [0.717, 1.165) is 12.1 Å². The third-order valence-corrected chi connectivity index (χ3v) is 3.04. The summed E-state index contributed by atoms with van der Waals surface area (Å²) in [4.78, 5) is 0. The minimum atomic E-state index is -4.39. The minimum absolute atomic E-state index is 0.146. The Morgan fingerprint density at radius 2 is 2.06 bits per heavy atom. The number of hydrogen-bond donors (Lipinski definition) is 2. The molecule has 0 radical (unpaired) electrons. The van der Waals surface area contributed by atoms with Gasteiger partial charge in [0.2, 0.25) is 0 Å². The van der Waals surface area contributed by atoms with Crippen LogP contribution in [0.15, 0.2) is 18.2 Å². The molecule has 0 bridgehead atoms. The number of ether oxygens (including phenoxy) is 1. The average Bonchev–Trinajstić information content (AvgIpc) is 2.25. The number of aliphatic hydroxyl groups is 1. The van der Waals surface area contributed by atoms with Gasteiger partial charge in [-0.3, -0.25) is 0 Å². The topological polar surface area (TPSA) is 41.5 Å². The van der Waals surface area contributed by atoms with Gasteiger partial charge in [-0.25, -0.2) is 0 Å². The fourth-order valence-electron chi connectivity index (χ4n) is 1.99. The molecule has 2 rings (SSSR count). The van der Waals surface area contributed by atoms with E-state index in [2.05, 4.69) is 5.32 Å². The summed E-state index contributed by atoms with van der Waals surface area (Å²) in [7, 11) is 1.40. The van der Waals surface area contributed by atoms with Crippen LogP contribution in [0.25, 0.3) is 0 Å². The van der Waals surface area contributed by atoms with Crippen molar-refractivity contribution in [3.05, 3.63) is 29.3 Å². The molecule has 1 aromatic rings. The Bertz CT molecular complexity index is 441. The molecule has 6 heteroatoms. The second kappa shape index (κ2) is 4.44. The maximum Gasteiger partial charge on any atom is 0.416 e. The van der Waals surface area contributed by atoms with Gasteiger partial charge in [0.15, 0.2) is 0 Å². The van der Waals surface area contributed by atoms with E-state index in [1.807, 2.05) is 0 Å². The van der Waals surface area contributed by atoms with E-state index in [0.29, 0.717) is 24.4 Å².